The van der Waals surface area contributed by atoms with Gasteiger partial charge in [-0.05, 0) is 37.0 Å². The Morgan fingerprint density at radius 2 is 2.00 bits per heavy atom. The summed E-state index contributed by atoms with van der Waals surface area (Å²) in [5, 5.41) is 3.54. The van der Waals surface area contributed by atoms with Crippen molar-refractivity contribution >= 4 is 22.6 Å². The zero-order valence-corrected chi connectivity index (χ0v) is 11.4. The van der Waals surface area contributed by atoms with Crippen molar-refractivity contribution in [3.05, 3.63) is 11.8 Å². The van der Waals surface area contributed by atoms with Gasteiger partial charge in [0.1, 0.15) is 0 Å². The third-order valence-corrected chi connectivity index (χ3v) is 5.35. The molecule has 14 heavy (non-hydrogen) atoms. The van der Waals surface area contributed by atoms with Gasteiger partial charge in [-0.3, -0.25) is 0 Å². The number of nitrogens with one attached hydrogen (secondary N) is 1. The summed E-state index contributed by atoms with van der Waals surface area (Å²) in [4.78, 5) is 0. The Morgan fingerprint density at radius 1 is 1.43 bits per heavy atom. The Balaban J connectivity index is 1.70. The Morgan fingerprint density at radius 3 is 2.43 bits per heavy atom. The number of halogens is 1. The first kappa shape index (κ1) is 10.8. The fourth-order valence-electron chi connectivity index (χ4n) is 2.07. The fraction of sp³-hybridized carbons (Fsp3) is 0.833. The van der Waals surface area contributed by atoms with E-state index in [0.717, 1.165) is 27.6 Å². The van der Waals surface area contributed by atoms with Crippen LogP contribution in [-0.4, -0.2) is 10.5 Å². The molecule has 3 unspecified atom stereocenters. The zero-order chi connectivity index (χ0) is 10.3. The normalized spacial score (nSPS) is 46.3. The van der Waals surface area contributed by atoms with E-state index in [1.54, 1.807) is 0 Å². The molecular weight excluding hydrogens is 285 g/mol. The first-order valence-corrected chi connectivity index (χ1v) is 6.90. The molecule has 0 amide bonds. The van der Waals surface area contributed by atoms with Crippen LogP contribution in [0.15, 0.2) is 11.8 Å². The van der Waals surface area contributed by atoms with E-state index in [2.05, 4.69) is 54.8 Å². The van der Waals surface area contributed by atoms with Crippen molar-refractivity contribution in [3.63, 3.8) is 0 Å². The first-order valence-electron chi connectivity index (χ1n) is 5.66. The van der Waals surface area contributed by atoms with E-state index in [1.165, 1.54) is 18.7 Å². The van der Waals surface area contributed by atoms with Crippen molar-refractivity contribution in [1.82, 2.24) is 5.32 Å². The highest BCUT2D eigenvalue weighted by Crippen LogP contribution is 2.46. The second-order valence-electron chi connectivity index (χ2n) is 5.04. The maximum Gasteiger partial charge on any atom is 0.0182 e. The van der Waals surface area contributed by atoms with Crippen LogP contribution in [-0.2, 0) is 0 Å². The summed E-state index contributed by atoms with van der Waals surface area (Å²) in [6.07, 6.45) is 3.84. The maximum absolute atomic E-state index is 3.54. The smallest absolute Gasteiger partial charge is 0.0182 e. The van der Waals surface area contributed by atoms with Gasteiger partial charge in [-0.15, -0.1) is 0 Å². The van der Waals surface area contributed by atoms with Crippen molar-refractivity contribution in [2.45, 2.75) is 31.1 Å². The first-order chi connectivity index (χ1) is 6.59. The molecule has 2 aliphatic rings. The number of alkyl halides is 1. The van der Waals surface area contributed by atoms with Gasteiger partial charge in [-0.2, -0.15) is 0 Å². The van der Waals surface area contributed by atoms with Gasteiger partial charge in [0.05, 0.1) is 0 Å². The van der Waals surface area contributed by atoms with Gasteiger partial charge >= 0.3 is 0 Å². The second kappa shape index (κ2) is 4.03. The van der Waals surface area contributed by atoms with E-state index >= 15 is 0 Å². The predicted molar refractivity (Wildman–Crippen MR) is 69.5 cm³/mol. The summed E-state index contributed by atoms with van der Waals surface area (Å²) in [6.45, 7) is 8.09. The summed E-state index contributed by atoms with van der Waals surface area (Å²) in [7, 11) is 0. The average Bonchev–Trinajstić information content (AvgIpc) is 2.98. The molecule has 2 aliphatic carbocycles. The van der Waals surface area contributed by atoms with Crippen molar-refractivity contribution in [2.75, 3.05) is 6.54 Å². The molecule has 1 nitrogen and oxygen atoms in total. The number of allylic oxidation sites excluding steroid dienone is 2. The monoisotopic (exact) mass is 305 g/mol. The molecule has 0 spiro atoms. The van der Waals surface area contributed by atoms with E-state index in [4.69, 9.17) is 0 Å². The molecule has 0 radical (unpaired) electrons. The summed E-state index contributed by atoms with van der Waals surface area (Å²) < 4.78 is 0.937. The highest BCUT2D eigenvalue weighted by atomic mass is 127. The molecule has 5 atom stereocenters. The molecule has 2 rings (SSSR count). The molecule has 2 fully saturated rings. The quantitative estimate of drug-likeness (QED) is 0.621. The van der Waals surface area contributed by atoms with Gasteiger partial charge < -0.3 is 5.32 Å². The molecule has 0 heterocycles. The molecular formula is C12H20IN. The minimum atomic E-state index is 0.845. The van der Waals surface area contributed by atoms with Crippen LogP contribution < -0.4 is 5.32 Å². The highest BCUT2D eigenvalue weighted by molar-refractivity contribution is 14.1. The summed E-state index contributed by atoms with van der Waals surface area (Å²) in [6, 6.07) is 0. The van der Waals surface area contributed by atoms with Crippen LogP contribution in [0.3, 0.4) is 0 Å². The Labute approximate surface area is 101 Å². The SMILES string of the molecule is C/C(=C\C1C(C)[C@@H]1C)NC[C@H]1CC1I. The molecule has 0 aromatic rings. The van der Waals surface area contributed by atoms with E-state index in [1.807, 2.05) is 0 Å². The van der Waals surface area contributed by atoms with Gasteiger partial charge in [-0.1, -0.05) is 42.5 Å². The van der Waals surface area contributed by atoms with Crippen LogP contribution in [0, 0.1) is 23.7 Å². The minimum Gasteiger partial charge on any atom is -0.389 e. The number of rotatable bonds is 4. The lowest BCUT2D eigenvalue weighted by Crippen LogP contribution is -2.15. The zero-order valence-electron chi connectivity index (χ0n) is 9.26. The summed E-state index contributed by atoms with van der Waals surface area (Å²) >= 11 is 2.55. The summed E-state index contributed by atoms with van der Waals surface area (Å²) in [5.41, 5.74) is 1.39. The fourth-order valence-corrected chi connectivity index (χ4v) is 2.97. The Bertz CT molecular complexity index is 241. The largest absolute Gasteiger partial charge is 0.389 e. The van der Waals surface area contributed by atoms with E-state index in [9.17, 15) is 0 Å². The molecule has 0 aromatic heterocycles. The van der Waals surface area contributed by atoms with Gasteiger partial charge in [0, 0.05) is 16.2 Å². The summed E-state index contributed by atoms with van der Waals surface area (Å²) in [5.74, 6) is 3.60. The third-order valence-electron chi connectivity index (χ3n) is 3.82. The van der Waals surface area contributed by atoms with Crippen LogP contribution in [0.1, 0.15) is 27.2 Å². The molecule has 0 aromatic carbocycles. The molecule has 0 bridgehead atoms. The lowest BCUT2D eigenvalue weighted by Gasteiger charge is -2.05. The van der Waals surface area contributed by atoms with Crippen LogP contribution in [0.4, 0.5) is 0 Å². The van der Waals surface area contributed by atoms with Gasteiger partial charge in [0.2, 0.25) is 0 Å². The van der Waals surface area contributed by atoms with Gasteiger partial charge in [0.25, 0.3) is 0 Å². The van der Waals surface area contributed by atoms with Gasteiger partial charge in [0.15, 0.2) is 0 Å². The minimum absolute atomic E-state index is 0.845. The Hall–Kier alpha value is 0.270. The topological polar surface area (TPSA) is 12.0 Å². The molecule has 80 valence electrons. The molecule has 2 saturated carbocycles. The highest BCUT2D eigenvalue weighted by Gasteiger charge is 2.41. The van der Waals surface area contributed by atoms with Crippen molar-refractivity contribution in [2.24, 2.45) is 23.7 Å². The maximum atomic E-state index is 3.54. The van der Waals surface area contributed by atoms with Crippen molar-refractivity contribution in [3.8, 4) is 0 Å². The van der Waals surface area contributed by atoms with Crippen molar-refractivity contribution in [1.29, 1.82) is 0 Å². The molecule has 2 heteroatoms. The van der Waals surface area contributed by atoms with Crippen LogP contribution in [0.25, 0.3) is 0 Å². The molecule has 0 saturated heterocycles. The van der Waals surface area contributed by atoms with Crippen LogP contribution in [0.2, 0.25) is 0 Å². The second-order valence-corrected chi connectivity index (χ2v) is 6.64. The Kier molecular flexibility index (Phi) is 3.10. The van der Waals surface area contributed by atoms with E-state index < -0.39 is 0 Å². The standard InChI is InChI=1S/C12H20IN/c1-7(4-11-8(2)9(11)3)14-6-10-5-12(10)13/h4,8-12,14H,5-6H2,1-3H3/b7-4+/t8-,9?,10+,11?,12?/m0/s1. The van der Waals surface area contributed by atoms with Crippen molar-refractivity contribution < 1.29 is 0 Å². The van der Waals surface area contributed by atoms with Gasteiger partial charge in [-0.25, -0.2) is 0 Å². The lowest BCUT2D eigenvalue weighted by molar-refractivity contribution is 0.712. The van der Waals surface area contributed by atoms with E-state index in [0.29, 0.717) is 0 Å². The molecule has 0 aliphatic heterocycles. The molecule has 1 N–H and O–H groups in total. The third kappa shape index (κ3) is 2.44. The number of hydrogen-bond donors (Lipinski definition) is 1. The predicted octanol–water partition coefficient (Wildman–Crippen LogP) is 3.21. The van der Waals surface area contributed by atoms with E-state index in [-0.39, 0.29) is 0 Å². The van der Waals surface area contributed by atoms with Crippen LogP contribution >= 0.6 is 22.6 Å². The van der Waals surface area contributed by atoms with Crippen LogP contribution in [0.5, 0.6) is 0 Å². The average molecular weight is 305 g/mol. The lowest BCUT2D eigenvalue weighted by atomic mass is 10.2. The number of hydrogen-bond acceptors (Lipinski definition) is 1.